The average molecular weight is 626 g/mol. The van der Waals surface area contributed by atoms with Crippen molar-refractivity contribution in [1.82, 2.24) is 4.98 Å². The van der Waals surface area contributed by atoms with Gasteiger partial charge in [0, 0.05) is 43.5 Å². The SMILES string of the molecule is CCOC(=O)CC(CCCc1cc[nH]c1)C(=O)CC1C(=O)C=C(CCc2ccc(CC)cc2)CC(=O)CC1CCC1=CC=CC1C. The van der Waals surface area contributed by atoms with Gasteiger partial charge in [0.25, 0.3) is 0 Å². The molecular formula is C40H51NO5. The fraction of sp³-hybridized carbons (Fsp3) is 0.500. The summed E-state index contributed by atoms with van der Waals surface area (Å²) >= 11 is 0. The molecule has 246 valence electrons. The third-order valence-corrected chi connectivity index (χ3v) is 9.73. The molecule has 1 heterocycles. The van der Waals surface area contributed by atoms with Gasteiger partial charge in [0.2, 0.25) is 0 Å². The topological polar surface area (TPSA) is 93.3 Å². The first kappa shape index (κ1) is 35.1. The van der Waals surface area contributed by atoms with Gasteiger partial charge in [0.05, 0.1) is 13.0 Å². The summed E-state index contributed by atoms with van der Waals surface area (Å²) in [7, 11) is 0. The molecule has 46 heavy (non-hydrogen) atoms. The molecule has 0 amide bonds. The monoisotopic (exact) mass is 625 g/mol. The Morgan fingerprint density at radius 1 is 0.978 bits per heavy atom. The van der Waals surface area contributed by atoms with Crippen molar-refractivity contribution in [3.05, 3.63) is 94.9 Å². The minimum absolute atomic E-state index is 0.0122. The van der Waals surface area contributed by atoms with Crippen LogP contribution in [0.15, 0.2) is 78.2 Å². The molecule has 0 saturated carbocycles. The van der Waals surface area contributed by atoms with Crippen molar-refractivity contribution in [2.45, 2.75) is 97.8 Å². The molecule has 2 aliphatic rings. The summed E-state index contributed by atoms with van der Waals surface area (Å²) in [6, 6.07) is 10.5. The van der Waals surface area contributed by atoms with Gasteiger partial charge in [-0.05, 0) is 99.0 Å². The summed E-state index contributed by atoms with van der Waals surface area (Å²) in [6.07, 6.45) is 18.4. The summed E-state index contributed by atoms with van der Waals surface area (Å²) in [6.45, 7) is 6.30. The minimum atomic E-state index is -0.588. The van der Waals surface area contributed by atoms with Gasteiger partial charge in [-0.15, -0.1) is 0 Å². The first-order valence-corrected chi connectivity index (χ1v) is 17.3. The van der Waals surface area contributed by atoms with Crippen LogP contribution in [0.5, 0.6) is 0 Å². The molecule has 1 N–H and O–H groups in total. The van der Waals surface area contributed by atoms with Crippen LogP contribution in [0.4, 0.5) is 0 Å². The zero-order valence-corrected chi connectivity index (χ0v) is 27.9. The minimum Gasteiger partial charge on any atom is -0.466 e. The number of rotatable bonds is 17. The van der Waals surface area contributed by atoms with Crippen molar-refractivity contribution in [3.63, 3.8) is 0 Å². The van der Waals surface area contributed by atoms with Crippen molar-refractivity contribution >= 4 is 23.3 Å². The van der Waals surface area contributed by atoms with Gasteiger partial charge in [0.15, 0.2) is 5.78 Å². The highest BCUT2D eigenvalue weighted by Crippen LogP contribution is 2.35. The second-order valence-electron chi connectivity index (χ2n) is 13.1. The number of aryl methyl sites for hydroxylation is 3. The summed E-state index contributed by atoms with van der Waals surface area (Å²) in [5.74, 6) is -1.40. The fourth-order valence-electron chi connectivity index (χ4n) is 6.86. The highest BCUT2D eigenvalue weighted by atomic mass is 16.5. The lowest BCUT2D eigenvalue weighted by Gasteiger charge is -2.29. The molecule has 0 fully saturated rings. The zero-order valence-electron chi connectivity index (χ0n) is 27.9. The van der Waals surface area contributed by atoms with Gasteiger partial charge >= 0.3 is 5.97 Å². The Hall–Kier alpha value is -3.80. The molecule has 4 unspecified atom stereocenters. The van der Waals surface area contributed by atoms with Crippen LogP contribution in [-0.2, 0) is 43.2 Å². The van der Waals surface area contributed by atoms with E-state index in [4.69, 9.17) is 4.74 Å². The largest absolute Gasteiger partial charge is 0.466 e. The van der Waals surface area contributed by atoms with Crippen LogP contribution in [0.2, 0.25) is 0 Å². The Balaban J connectivity index is 1.52. The fourth-order valence-corrected chi connectivity index (χ4v) is 6.86. The standard InChI is InChI=1S/C40H51NO5/c1-4-29-12-14-30(15-13-29)16-17-32-22-36(42)24-34(19-18-33-10-6-8-28(33)3)37(39(44)23-32)26-38(43)35(25-40(45)46-5-2)11-7-9-31-20-21-41-27-31/h6,8,10,12-15,20-21,23,27-28,34-35,37,41H,4-5,7,9,11,16-19,22,24-26H2,1-3H3. The van der Waals surface area contributed by atoms with E-state index in [1.807, 2.05) is 18.5 Å². The number of ether oxygens (including phenoxy) is 1. The number of esters is 1. The normalized spacial score (nSPS) is 20.5. The van der Waals surface area contributed by atoms with Crippen LogP contribution >= 0.6 is 0 Å². The molecule has 2 aliphatic carbocycles. The van der Waals surface area contributed by atoms with Crippen molar-refractivity contribution in [1.29, 1.82) is 0 Å². The molecule has 6 nitrogen and oxygen atoms in total. The second-order valence-corrected chi connectivity index (χ2v) is 13.1. The second kappa shape index (κ2) is 17.8. The molecule has 2 aromatic rings. The Morgan fingerprint density at radius 3 is 2.43 bits per heavy atom. The first-order valence-electron chi connectivity index (χ1n) is 17.3. The zero-order chi connectivity index (χ0) is 32.9. The maximum Gasteiger partial charge on any atom is 0.306 e. The number of carbonyl (C=O) groups excluding carboxylic acids is 4. The van der Waals surface area contributed by atoms with Crippen LogP contribution in [-0.4, -0.2) is 34.9 Å². The van der Waals surface area contributed by atoms with Crippen molar-refractivity contribution in [3.8, 4) is 0 Å². The van der Waals surface area contributed by atoms with E-state index in [0.717, 1.165) is 43.2 Å². The number of hydrogen-bond acceptors (Lipinski definition) is 5. The first-order chi connectivity index (χ1) is 22.2. The Morgan fingerprint density at radius 2 is 1.76 bits per heavy atom. The maximum absolute atomic E-state index is 14.0. The smallest absolute Gasteiger partial charge is 0.306 e. The number of aromatic nitrogens is 1. The van der Waals surface area contributed by atoms with Gasteiger partial charge in [-0.25, -0.2) is 0 Å². The van der Waals surface area contributed by atoms with E-state index >= 15 is 0 Å². The predicted molar refractivity (Wildman–Crippen MR) is 182 cm³/mol. The Kier molecular flexibility index (Phi) is 13.5. The number of carbonyl (C=O) groups is 4. The van der Waals surface area contributed by atoms with Gasteiger partial charge in [-0.2, -0.15) is 0 Å². The van der Waals surface area contributed by atoms with Crippen LogP contribution in [0.1, 0.15) is 95.2 Å². The van der Waals surface area contributed by atoms with E-state index in [1.54, 1.807) is 13.0 Å². The van der Waals surface area contributed by atoms with E-state index in [2.05, 4.69) is 61.3 Å². The van der Waals surface area contributed by atoms with E-state index in [0.29, 0.717) is 25.2 Å². The van der Waals surface area contributed by atoms with Crippen LogP contribution < -0.4 is 0 Å². The molecule has 0 spiro atoms. The highest BCUT2D eigenvalue weighted by molar-refractivity contribution is 5.98. The summed E-state index contributed by atoms with van der Waals surface area (Å²) in [4.78, 5) is 57.1. The van der Waals surface area contributed by atoms with Crippen molar-refractivity contribution in [2.75, 3.05) is 6.61 Å². The van der Waals surface area contributed by atoms with Gasteiger partial charge in [-0.3, -0.25) is 19.2 Å². The Labute approximate surface area is 274 Å². The van der Waals surface area contributed by atoms with Crippen LogP contribution in [0.3, 0.4) is 0 Å². The lowest BCUT2D eigenvalue weighted by Crippen LogP contribution is -2.32. The lowest BCUT2D eigenvalue weighted by atomic mass is 9.73. The van der Waals surface area contributed by atoms with E-state index in [-0.39, 0.29) is 61.5 Å². The van der Waals surface area contributed by atoms with Crippen LogP contribution in [0, 0.1) is 23.7 Å². The molecule has 1 aromatic carbocycles. The highest BCUT2D eigenvalue weighted by Gasteiger charge is 2.35. The van der Waals surface area contributed by atoms with Gasteiger partial charge in [0.1, 0.15) is 11.6 Å². The molecule has 1 aromatic heterocycles. The Bertz CT molecular complexity index is 1410. The molecule has 0 aliphatic heterocycles. The summed E-state index contributed by atoms with van der Waals surface area (Å²) in [5, 5.41) is 0. The lowest BCUT2D eigenvalue weighted by molar-refractivity contribution is -0.146. The summed E-state index contributed by atoms with van der Waals surface area (Å²) < 4.78 is 5.22. The number of benzene rings is 1. The van der Waals surface area contributed by atoms with E-state index in [9.17, 15) is 19.2 Å². The number of aromatic amines is 1. The molecular weight excluding hydrogens is 574 g/mol. The molecule has 0 saturated heterocycles. The molecule has 0 radical (unpaired) electrons. The maximum atomic E-state index is 14.0. The number of Topliss-reactive ketones (excluding diaryl/α,β-unsaturated/α-hetero) is 2. The number of hydrogen-bond donors (Lipinski definition) is 1. The van der Waals surface area contributed by atoms with Gasteiger partial charge in [-0.1, -0.05) is 67.5 Å². The van der Waals surface area contributed by atoms with E-state index in [1.165, 1.54) is 16.7 Å². The molecule has 4 atom stereocenters. The molecule has 6 heteroatoms. The van der Waals surface area contributed by atoms with Crippen LogP contribution in [0.25, 0.3) is 0 Å². The number of nitrogens with one attached hydrogen (secondary N) is 1. The van der Waals surface area contributed by atoms with Gasteiger partial charge < -0.3 is 9.72 Å². The average Bonchev–Trinajstić information content (AvgIpc) is 3.71. The number of H-pyrrole nitrogens is 1. The summed E-state index contributed by atoms with van der Waals surface area (Å²) in [5.41, 5.74) is 5.75. The van der Waals surface area contributed by atoms with Crippen molar-refractivity contribution in [2.24, 2.45) is 23.7 Å². The van der Waals surface area contributed by atoms with Crippen molar-refractivity contribution < 1.29 is 23.9 Å². The molecule has 4 rings (SSSR count). The van der Waals surface area contributed by atoms with E-state index < -0.39 is 11.8 Å². The number of ketones is 3. The quantitative estimate of drug-likeness (QED) is 0.180. The molecule has 0 bridgehead atoms. The number of allylic oxidation sites excluding steroid dienone is 6. The third-order valence-electron chi connectivity index (χ3n) is 9.73. The third kappa shape index (κ3) is 10.6. The predicted octanol–water partition coefficient (Wildman–Crippen LogP) is 8.06.